The van der Waals surface area contributed by atoms with Crippen molar-refractivity contribution >= 4 is 34.3 Å². The summed E-state index contributed by atoms with van der Waals surface area (Å²) in [6, 6.07) is 15.1. The number of hydrogen-bond donors (Lipinski definition) is 0. The number of aryl methyl sites for hydroxylation is 1. The first kappa shape index (κ1) is 17.8. The molecule has 27 heavy (non-hydrogen) atoms. The number of aromatic nitrogens is 3. The normalized spacial score (nSPS) is 11.2. The Kier molecular flexibility index (Phi) is 5.01. The van der Waals surface area contributed by atoms with Gasteiger partial charge in [0.25, 0.3) is 0 Å². The van der Waals surface area contributed by atoms with Crippen LogP contribution in [0.5, 0.6) is 0 Å². The van der Waals surface area contributed by atoms with Gasteiger partial charge in [0.2, 0.25) is 0 Å². The molecule has 0 saturated heterocycles. The van der Waals surface area contributed by atoms with Crippen LogP contribution in [-0.4, -0.2) is 14.8 Å². The second kappa shape index (κ2) is 7.58. The zero-order valence-electron chi connectivity index (χ0n) is 14.6. The Morgan fingerprint density at radius 1 is 1.15 bits per heavy atom. The van der Waals surface area contributed by atoms with Crippen LogP contribution in [0.4, 0.5) is 0 Å². The maximum Gasteiger partial charge on any atom is 0.336 e. The highest BCUT2D eigenvalue weighted by Gasteiger charge is 2.12. The molecule has 2 heterocycles. The van der Waals surface area contributed by atoms with Gasteiger partial charge in [-0.15, -0.1) is 10.2 Å². The van der Waals surface area contributed by atoms with Crippen LogP contribution in [0.1, 0.15) is 18.1 Å². The SMILES string of the molecule is CCc1cc2oc(=O)cc(CSc3nncn3-c3ccccc3)c2cc1Cl. The van der Waals surface area contributed by atoms with Gasteiger partial charge in [0, 0.05) is 27.9 Å². The van der Waals surface area contributed by atoms with Gasteiger partial charge in [-0.3, -0.25) is 4.57 Å². The Morgan fingerprint density at radius 3 is 2.74 bits per heavy atom. The average molecular weight is 398 g/mol. The maximum atomic E-state index is 12.0. The van der Waals surface area contributed by atoms with Gasteiger partial charge in [0.15, 0.2) is 5.16 Å². The Labute approximate surface area is 165 Å². The molecule has 0 aliphatic carbocycles. The van der Waals surface area contributed by atoms with Crippen molar-refractivity contribution in [2.75, 3.05) is 0 Å². The van der Waals surface area contributed by atoms with E-state index in [1.54, 1.807) is 6.33 Å². The highest BCUT2D eigenvalue weighted by molar-refractivity contribution is 7.98. The van der Waals surface area contributed by atoms with Crippen molar-refractivity contribution in [3.8, 4) is 5.69 Å². The summed E-state index contributed by atoms with van der Waals surface area (Å²) in [7, 11) is 0. The fourth-order valence-corrected chi connectivity index (χ4v) is 4.13. The van der Waals surface area contributed by atoms with E-state index in [2.05, 4.69) is 10.2 Å². The molecule has 136 valence electrons. The molecule has 0 radical (unpaired) electrons. The molecule has 0 aliphatic rings. The van der Waals surface area contributed by atoms with Crippen LogP contribution in [0.15, 0.2) is 69.2 Å². The number of rotatable bonds is 5. The summed E-state index contributed by atoms with van der Waals surface area (Å²) in [5.41, 5.74) is 2.99. The molecule has 2 aromatic carbocycles. The molecule has 4 rings (SSSR count). The summed E-state index contributed by atoms with van der Waals surface area (Å²) in [5, 5.41) is 10.5. The highest BCUT2D eigenvalue weighted by Crippen LogP contribution is 2.30. The second-order valence-electron chi connectivity index (χ2n) is 5.99. The molecule has 0 aliphatic heterocycles. The summed E-state index contributed by atoms with van der Waals surface area (Å²) in [4.78, 5) is 12.0. The average Bonchev–Trinajstić information content (AvgIpc) is 3.15. The third kappa shape index (κ3) is 3.63. The van der Waals surface area contributed by atoms with E-state index in [9.17, 15) is 4.79 Å². The van der Waals surface area contributed by atoms with Gasteiger partial charge >= 0.3 is 5.63 Å². The predicted molar refractivity (Wildman–Crippen MR) is 108 cm³/mol. The summed E-state index contributed by atoms with van der Waals surface area (Å²) in [6.45, 7) is 2.02. The molecular formula is C20H16ClN3O2S. The van der Waals surface area contributed by atoms with Crippen molar-refractivity contribution in [2.24, 2.45) is 0 Å². The van der Waals surface area contributed by atoms with E-state index in [4.69, 9.17) is 16.0 Å². The molecule has 7 heteroatoms. The van der Waals surface area contributed by atoms with E-state index < -0.39 is 0 Å². The van der Waals surface area contributed by atoms with Crippen LogP contribution < -0.4 is 5.63 Å². The minimum absolute atomic E-state index is 0.369. The molecule has 0 unspecified atom stereocenters. The molecule has 0 amide bonds. The molecule has 0 fully saturated rings. The van der Waals surface area contributed by atoms with Gasteiger partial charge < -0.3 is 4.42 Å². The topological polar surface area (TPSA) is 60.9 Å². The number of hydrogen-bond acceptors (Lipinski definition) is 5. The highest BCUT2D eigenvalue weighted by atomic mass is 35.5. The number of fused-ring (bicyclic) bond motifs is 1. The summed E-state index contributed by atoms with van der Waals surface area (Å²) >= 11 is 7.87. The molecular weight excluding hydrogens is 382 g/mol. The summed E-state index contributed by atoms with van der Waals surface area (Å²) in [6.07, 6.45) is 2.46. The minimum atomic E-state index is -0.369. The molecule has 0 spiro atoms. The van der Waals surface area contributed by atoms with Gasteiger partial charge in [0.1, 0.15) is 11.9 Å². The zero-order chi connectivity index (χ0) is 18.8. The molecule has 2 aromatic heterocycles. The molecule has 5 nitrogen and oxygen atoms in total. The monoisotopic (exact) mass is 397 g/mol. The summed E-state index contributed by atoms with van der Waals surface area (Å²) in [5.74, 6) is 0.551. The standard InChI is InChI=1S/C20H16ClN3O2S/c1-2-13-8-18-16(10-17(13)21)14(9-19(25)26-18)11-27-20-23-22-12-24(20)15-6-4-3-5-7-15/h3-10,12H,2,11H2,1H3. The van der Waals surface area contributed by atoms with E-state index in [1.165, 1.54) is 17.8 Å². The van der Waals surface area contributed by atoms with E-state index >= 15 is 0 Å². The second-order valence-corrected chi connectivity index (χ2v) is 7.34. The molecule has 0 N–H and O–H groups in total. The van der Waals surface area contributed by atoms with Crippen LogP contribution in [0.25, 0.3) is 16.7 Å². The predicted octanol–water partition coefficient (Wildman–Crippen LogP) is 4.88. The quantitative estimate of drug-likeness (QED) is 0.354. The zero-order valence-corrected chi connectivity index (χ0v) is 16.1. The molecule has 0 saturated carbocycles. The lowest BCUT2D eigenvalue weighted by Crippen LogP contribution is -2.01. The van der Waals surface area contributed by atoms with Crippen molar-refractivity contribution in [1.29, 1.82) is 0 Å². The van der Waals surface area contributed by atoms with Gasteiger partial charge in [0.05, 0.1) is 0 Å². The lowest BCUT2D eigenvalue weighted by molar-refractivity contribution is 0.559. The Morgan fingerprint density at radius 2 is 1.96 bits per heavy atom. The van der Waals surface area contributed by atoms with Crippen LogP contribution in [0.2, 0.25) is 5.02 Å². The number of halogens is 1. The maximum absolute atomic E-state index is 12.0. The molecule has 4 aromatic rings. The van der Waals surface area contributed by atoms with Crippen molar-refractivity contribution in [3.05, 3.63) is 81.4 Å². The Bertz CT molecular complexity index is 1160. The third-order valence-electron chi connectivity index (χ3n) is 4.29. The van der Waals surface area contributed by atoms with E-state index in [-0.39, 0.29) is 5.63 Å². The van der Waals surface area contributed by atoms with E-state index in [0.29, 0.717) is 16.4 Å². The lowest BCUT2D eigenvalue weighted by Gasteiger charge is -2.09. The number of para-hydroxylation sites is 1. The van der Waals surface area contributed by atoms with Gasteiger partial charge in [-0.25, -0.2) is 4.79 Å². The third-order valence-corrected chi connectivity index (χ3v) is 5.63. The van der Waals surface area contributed by atoms with Crippen LogP contribution in [0, 0.1) is 0 Å². The van der Waals surface area contributed by atoms with Crippen LogP contribution in [-0.2, 0) is 12.2 Å². The van der Waals surface area contributed by atoms with E-state index in [1.807, 2.05) is 54.0 Å². The fraction of sp³-hybridized carbons (Fsp3) is 0.150. The first-order valence-electron chi connectivity index (χ1n) is 8.49. The van der Waals surface area contributed by atoms with Crippen LogP contribution in [0.3, 0.4) is 0 Å². The molecule has 0 bridgehead atoms. The number of thioether (sulfide) groups is 1. The first-order valence-corrected chi connectivity index (χ1v) is 9.85. The van der Waals surface area contributed by atoms with Crippen LogP contribution >= 0.6 is 23.4 Å². The van der Waals surface area contributed by atoms with Crippen molar-refractivity contribution < 1.29 is 4.42 Å². The largest absolute Gasteiger partial charge is 0.423 e. The van der Waals surface area contributed by atoms with Crippen molar-refractivity contribution in [3.63, 3.8) is 0 Å². The smallest absolute Gasteiger partial charge is 0.336 e. The number of nitrogens with zero attached hydrogens (tertiary/aromatic N) is 3. The van der Waals surface area contributed by atoms with Gasteiger partial charge in [-0.1, -0.05) is 48.5 Å². The first-order chi connectivity index (χ1) is 13.2. The number of benzene rings is 2. The fourth-order valence-electron chi connectivity index (χ4n) is 2.91. The van der Waals surface area contributed by atoms with Crippen molar-refractivity contribution in [1.82, 2.24) is 14.8 Å². The van der Waals surface area contributed by atoms with E-state index in [0.717, 1.165) is 33.8 Å². The molecule has 0 atom stereocenters. The Hall–Kier alpha value is -2.57. The summed E-state index contributed by atoms with van der Waals surface area (Å²) < 4.78 is 7.29. The van der Waals surface area contributed by atoms with Crippen molar-refractivity contribution in [2.45, 2.75) is 24.3 Å². The Balaban J connectivity index is 1.68. The van der Waals surface area contributed by atoms with Gasteiger partial charge in [-0.05, 0) is 41.8 Å². The van der Waals surface area contributed by atoms with Gasteiger partial charge in [-0.2, -0.15) is 0 Å². The lowest BCUT2D eigenvalue weighted by atomic mass is 10.1. The minimum Gasteiger partial charge on any atom is -0.423 e.